The van der Waals surface area contributed by atoms with Crippen LogP contribution in [0, 0.1) is 0 Å². The summed E-state index contributed by atoms with van der Waals surface area (Å²) in [5.74, 6) is 0.395. The van der Waals surface area contributed by atoms with Crippen LogP contribution in [0.4, 0.5) is 0 Å². The van der Waals surface area contributed by atoms with Crippen LogP contribution in [-0.4, -0.2) is 10.2 Å². The smallest absolute Gasteiger partial charge is 0.123 e. The second kappa shape index (κ2) is 7.82. The van der Waals surface area contributed by atoms with E-state index in [0.29, 0.717) is 10.8 Å². The number of allylic oxidation sites excluding steroid dienone is 2. The van der Waals surface area contributed by atoms with Gasteiger partial charge in [0.05, 0.1) is 12.5 Å². The van der Waals surface area contributed by atoms with Gasteiger partial charge in [-0.05, 0) is 26.0 Å². The SMILES string of the molecule is CC=COC=CC.Oc1cccc2c(O)cccc12. The zero-order chi connectivity index (χ0) is 14.1. The first-order chi connectivity index (χ1) is 9.20. The molecule has 0 fully saturated rings. The maximum absolute atomic E-state index is 9.38. The predicted octanol–water partition coefficient (Wildman–Crippen LogP) is 4.32. The van der Waals surface area contributed by atoms with Gasteiger partial charge in [-0.25, -0.2) is 0 Å². The Balaban J connectivity index is 0.000000224. The van der Waals surface area contributed by atoms with Crippen LogP contribution in [0.5, 0.6) is 11.5 Å². The summed E-state index contributed by atoms with van der Waals surface area (Å²) in [5, 5.41) is 20.1. The molecule has 0 saturated carbocycles. The number of rotatable bonds is 2. The van der Waals surface area contributed by atoms with E-state index in [0.717, 1.165) is 0 Å². The Bertz CT molecular complexity index is 520. The third-order valence-corrected chi connectivity index (χ3v) is 2.31. The van der Waals surface area contributed by atoms with Gasteiger partial charge in [-0.15, -0.1) is 0 Å². The minimum absolute atomic E-state index is 0.198. The highest BCUT2D eigenvalue weighted by Crippen LogP contribution is 2.29. The minimum Gasteiger partial charge on any atom is -0.507 e. The molecule has 0 atom stereocenters. The Labute approximate surface area is 113 Å². The monoisotopic (exact) mass is 258 g/mol. The molecule has 19 heavy (non-hydrogen) atoms. The Morgan fingerprint density at radius 2 is 1.21 bits per heavy atom. The standard InChI is InChI=1S/C10H8O2.C6H10O/c11-9-5-1-3-7-8(9)4-2-6-10(7)12;1-3-5-7-6-4-2/h1-6,11-12H;3-6H,1-2H3. The molecular formula is C16H18O3. The van der Waals surface area contributed by atoms with Gasteiger partial charge < -0.3 is 14.9 Å². The van der Waals surface area contributed by atoms with E-state index in [4.69, 9.17) is 4.74 Å². The van der Waals surface area contributed by atoms with Crippen molar-refractivity contribution in [3.63, 3.8) is 0 Å². The molecule has 0 bridgehead atoms. The van der Waals surface area contributed by atoms with Gasteiger partial charge in [-0.1, -0.05) is 36.4 Å². The van der Waals surface area contributed by atoms with E-state index in [1.807, 2.05) is 26.0 Å². The lowest BCUT2D eigenvalue weighted by atomic mass is 10.1. The summed E-state index contributed by atoms with van der Waals surface area (Å²) in [4.78, 5) is 0. The molecule has 0 heterocycles. The molecule has 0 unspecified atom stereocenters. The zero-order valence-corrected chi connectivity index (χ0v) is 11.1. The lowest BCUT2D eigenvalue weighted by Gasteiger charge is -2.01. The van der Waals surface area contributed by atoms with E-state index >= 15 is 0 Å². The highest BCUT2D eigenvalue weighted by molar-refractivity contribution is 5.92. The van der Waals surface area contributed by atoms with Crippen molar-refractivity contribution >= 4 is 10.8 Å². The van der Waals surface area contributed by atoms with Crippen LogP contribution in [0.1, 0.15) is 13.8 Å². The second-order valence-corrected chi connectivity index (χ2v) is 3.72. The molecule has 0 aliphatic rings. The number of hydrogen-bond donors (Lipinski definition) is 2. The number of fused-ring (bicyclic) bond motifs is 1. The van der Waals surface area contributed by atoms with Crippen LogP contribution >= 0.6 is 0 Å². The highest BCUT2D eigenvalue weighted by atomic mass is 16.5. The van der Waals surface area contributed by atoms with Gasteiger partial charge in [0.1, 0.15) is 11.5 Å². The van der Waals surface area contributed by atoms with Crippen molar-refractivity contribution in [2.75, 3.05) is 0 Å². The molecule has 0 radical (unpaired) electrons. The van der Waals surface area contributed by atoms with Gasteiger partial charge in [0, 0.05) is 10.8 Å². The average Bonchev–Trinajstić information content (AvgIpc) is 2.42. The molecule has 3 heteroatoms. The van der Waals surface area contributed by atoms with Crippen molar-refractivity contribution in [2.45, 2.75) is 13.8 Å². The Morgan fingerprint density at radius 3 is 1.58 bits per heavy atom. The Morgan fingerprint density at radius 1 is 0.789 bits per heavy atom. The molecule has 0 aliphatic heterocycles. The average molecular weight is 258 g/mol. The minimum atomic E-state index is 0.198. The van der Waals surface area contributed by atoms with E-state index in [-0.39, 0.29) is 11.5 Å². The molecule has 3 nitrogen and oxygen atoms in total. The fourth-order valence-electron chi connectivity index (χ4n) is 1.48. The maximum atomic E-state index is 9.38. The first-order valence-electron chi connectivity index (χ1n) is 5.98. The Kier molecular flexibility index (Phi) is 6.03. The largest absolute Gasteiger partial charge is 0.507 e. The molecule has 0 amide bonds. The molecule has 0 aromatic heterocycles. The molecule has 2 aromatic rings. The first-order valence-corrected chi connectivity index (χ1v) is 5.98. The summed E-state index contributed by atoms with van der Waals surface area (Å²) >= 11 is 0. The molecule has 0 spiro atoms. The normalized spacial score (nSPS) is 10.6. The fraction of sp³-hybridized carbons (Fsp3) is 0.125. The third-order valence-electron chi connectivity index (χ3n) is 2.31. The van der Waals surface area contributed by atoms with Crippen molar-refractivity contribution < 1.29 is 14.9 Å². The van der Waals surface area contributed by atoms with Crippen molar-refractivity contribution in [1.82, 2.24) is 0 Å². The van der Waals surface area contributed by atoms with Crippen LogP contribution in [0.25, 0.3) is 10.8 Å². The molecule has 2 N–H and O–H groups in total. The quantitative estimate of drug-likeness (QED) is 0.789. The number of ether oxygens (including phenoxy) is 1. The maximum Gasteiger partial charge on any atom is 0.123 e. The molecule has 100 valence electrons. The molecular weight excluding hydrogens is 240 g/mol. The van der Waals surface area contributed by atoms with Crippen LogP contribution < -0.4 is 0 Å². The van der Waals surface area contributed by atoms with Crippen LogP contribution in [0.2, 0.25) is 0 Å². The summed E-state index contributed by atoms with van der Waals surface area (Å²) in [6, 6.07) is 10.1. The van der Waals surface area contributed by atoms with Gasteiger partial charge in [0.15, 0.2) is 0 Å². The van der Waals surface area contributed by atoms with Gasteiger partial charge in [0.2, 0.25) is 0 Å². The molecule has 0 aliphatic carbocycles. The van der Waals surface area contributed by atoms with Crippen molar-refractivity contribution in [3.05, 3.63) is 61.1 Å². The molecule has 2 aromatic carbocycles. The van der Waals surface area contributed by atoms with Crippen LogP contribution in [0.15, 0.2) is 61.1 Å². The number of hydrogen-bond acceptors (Lipinski definition) is 3. The van der Waals surface area contributed by atoms with Crippen LogP contribution in [0.3, 0.4) is 0 Å². The van der Waals surface area contributed by atoms with Gasteiger partial charge >= 0.3 is 0 Å². The fourth-order valence-corrected chi connectivity index (χ4v) is 1.48. The van der Waals surface area contributed by atoms with Gasteiger partial charge in [-0.3, -0.25) is 0 Å². The Hall–Kier alpha value is -2.42. The second-order valence-electron chi connectivity index (χ2n) is 3.72. The number of phenolic OH excluding ortho intramolecular Hbond substituents is 2. The van der Waals surface area contributed by atoms with Crippen LogP contribution in [-0.2, 0) is 4.74 Å². The van der Waals surface area contributed by atoms with E-state index in [2.05, 4.69) is 0 Å². The van der Waals surface area contributed by atoms with E-state index in [9.17, 15) is 10.2 Å². The zero-order valence-electron chi connectivity index (χ0n) is 11.1. The lowest BCUT2D eigenvalue weighted by molar-refractivity contribution is 0.401. The highest BCUT2D eigenvalue weighted by Gasteiger charge is 2.00. The summed E-state index contributed by atoms with van der Waals surface area (Å²) in [6.45, 7) is 3.81. The summed E-state index contributed by atoms with van der Waals surface area (Å²) in [6.07, 6.45) is 6.92. The van der Waals surface area contributed by atoms with Crippen molar-refractivity contribution in [3.8, 4) is 11.5 Å². The van der Waals surface area contributed by atoms with E-state index in [1.54, 1.807) is 48.9 Å². The summed E-state index contributed by atoms with van der Waals surface area (Å²) in [7, 11) is 0. The topological polar surface area (TPSA) is 49.7 Å². The first kappa shape index (κ1) is 14.6. The van der Waals surface area contributed by atoms with E-state index < -0.39 is 0 Å². The van der Waals surface area contributed by atoms with Gasteiger partial charge in [-0.2, -0.15) is 0 Å². The van der Waals surface area contributed by atoms with Gasteiger partial charge in [0.25, 0.3) is 0 Å². The summed E-state index contributed by atoms with van der Waals surface area (Å²) in [5.41, 5.74) is 0. The molecule has 0 saturated heterocycles. The molecule has 2 rings (SSSR count). The van der Waals surface area contributed by atoms with Crippen molar-refractivity contribution in [2.24, 2.45) is 0 Å². The third kappa shape index (κ3) is 4.39. The van der Waals surface area contributed by atoms with E-state index in [1.165, 1.54) is 0 Å². The predicted molar refractivity (Wildman–Crippen MR) is 78.0 cm³/mol. The lowest BCUT2D eigenvalue weighted by Crippen LogP contribution is -1.73. The number of phenols is 2. The number of benzene rings is 2. The van der Waals surface area contributed by atoms with Crippen molar-refractivity contribution in [1.29, 1.82) is 0 Å². The summed E-state index contributed by atoms with van der Waals surface area (Å²) < 4.78 is 4.77. The number of aromatic hydroxyl groups is 2.